The highest BCUT2D eigenvalue weighted by Gasteiger charge is 2.45. The van der Waals surface area contributed by atoms with Gasteiger partial charge in [0, 0.05) is 17.4 Å². The normalized spacial score (nSPS) is 26.6. The van der Waals surface area contributed by atoms with Gasteiger partial charge >= 0.3 is 6.07 Å². The van der Waals surface area contributed by atoms with Crippen LogP contribution in [0.15, 0.2) is 50.9 Å². The van der Waals surface area contributed by atoms with E-state index in [-0.39, 0.29) is 0 Å². The zero-order chi connectivity index (χ0) is 14.1. The summed E-state index contributed by atoms with van der Waals surface area (Å²) in [4.78, 5) is 5.93. The minimum Gasteiger partial charge on any atom is -0.304 e. The summed E-state index contributed by atoms with van der Waals surface area (Å²) in [5.74, 6) is 0. The summed E-state index contributed by atoms with van der Waals surface area (Å²) in [7, 11) is 0. The number of benzene rings is 1. The van der Waals surface area contributed by atoms with E-state index in [4.69, 9.17) is 0 Å². The molecule has 1 aromatic heterocycles. The molecule has 2 aromatic rings. The molecule has 3 atom stereocenters. The van der Waals surface area contributed by atoms with Crippen molar-refractivity contribution >= 4 is 23.1 Å². The Morgan fingerprint density at radius 2 is 2.10 bits per heavy atom. The van der Waals surface area contributed by atoms with Gasteiger partial charge in [-0.05, 0) is 48.6 Å². The van der Waals surface area contributed by atoms with E-state index in [1.54, 1.807) is 23.1 Å². The Kier molecular flexibility index (Phi) is 3.72. The molecule has 3 heterocycles. The Labute approximate surface area is 133 Å². The summed E-state index contributed by atoms with van der Waals surface area (Å²) in [6.45, 7) is 0. The fraction of sp³-hybridized carbons (Fsp3) is 0.353. The van der Waals surface area contributed by atoms with Gasteiger partial charge in [0.05, 0.1) is 10.3 Å². The van der Waals surface area contributed by atoms with Crippen molar-refractivity contribution in [2.75, 3.05) is 0 Å². The van der Waals surface area contributed by atoms with Crippen molar-refractivity contribution in [3.63, 3.8) is 0 Å². The van der Waals surface area contributed by atoms with Crippen LogP contribution in [0.1, 0.15) is 24.8 Å². The van der Waals surface area contributed by atoms with E-state index in [1.165, 1.54) is 28.4 Å². The van der Waals surface area contributed by atoms with Crippen LogP contribution < -0.4 is 5.32 Å². The maximum absolute atomic E-state index is 4.66. The summed E-state index contributed by atoms with van der Waals surface area (Å²) in [5.41, 5.74) is 1.08. The van der Waals surface area contributed by atoms with Crippen molar-refractivity contribution < 1.29 is 0 Å². The predicted molar refractivity (Wildman–Crippen MR) is 89.6 cm³/mol. The van der Waals surface area contributed by atoms with E-state index in [0.717, 1.165) is 5.56 Å². The highest BCUT2D eigenvalue weighted by atomic mass is 32.2. The monoisotopic (exact) mass is 313 g/mol. The average molecular weight is 313 g/mol. The molecule has 0 radical (unpaired) electrons. The van der Waals surface area contributed by atoms with Gasteiger partial charge in [-0.25, -0.2) is 0 Å². The standard InChI is InChI=1S/C17H17N2S2/c1-2-17(20-9-1)21-14-6-3-12(4-7-14)11-18-16-10-13-5-8-15(16)19-13/h1-4,6-7,9,13,15-16,19H,5,8,10H2/q+1/t13-,15+,16-/m1/s1. The SMILES string of the molecule is C(#[N+][C@@H]1C[C@H]2CC[C@@H]1N2)c1ccc(Sc2cccs2)cc1. The van der Waals surface area contributed by atoms with Gasteiger partial charge in [0.25, 0.3) is 6.04 Å². The van der Waals surface area contributed by atoms with E-state index in [0.29, 0.717) is 18.1 Å². The molecule has 1 N–H and O–H groups in total. The highest BCUT2D eigenvalue weighted by Crippen LogP contribution is 2.32. The first kappa shape index (κ1) is 13.4. The van der Waals surface area contributed by atoms with Gasteiger partial charge in [0.2, 0.25) is 0 Å². The van der Waals surface area contributed by atoms with Crippen LogP contribution in [-0.4, -0.2) is 18.1 Å². The molecule has 2 saturated heterocycles. The summed E-state index contributed by atoms with van der Waals surface area (Å²) >= 11 is 3.58. The highest BCUT2D eigenvalue weighted by molar-refractivity contribution is 8.01. The molecule has 2 aliphatic heterocycles. The van der Waals surface area contributed by atoms with Crippen LogP contribution >= 0.6 is 23.1 Å². The minimum absolute atomic E-state index is 0.434. The molecule has 106 valence electrons. The molecular weight excluding hydrogens is 296 g/mol. The second-order valence-electron chi connectivity index (χ2n) is 5.65. The molecule has 0 spiro atoms. The maximum Gasteiger partial charge on any atom is 0.311 e. The molecule has 2 aliphatic rings. The fourth-order valence-corrected chi connectivity index (χ4v) is 4.88. The van der Waals surface area contributed by atoms with Crippen LogP contribution in [0.4, 0.5) is 0 Å². The lowest BCUT2D eigenvalue weighted by molar-refractivity contribution is 0.549. The molecular formula is C17H17N2S2+. The van der Waals surface area contributed by atoms with Crippen molar-refractivity contribution in [1.29, 1.82) is 0 Å². The van der Waals surface area contributed by atoms with Gasteiger partial charge in [0.15, 0.2) is 0 Å². The maximum atomic E-state index is 4.66. The van der Waals surface area contributed by atoms with Crippen LogP contribution in [0.3, 0.4) is 0 Å². The Balaban J connectivity index is 1.42. The van der Waals surface area contributed by atoms with E-state index in [9.17, 15) is 0 Å². The molecule has 0 unspecified atom stereocenters. The van der Waals surface area contributed by atoms with Crippen LogP contribution in [0.5, 0.6) is 0 Å². The van der Waals surface area contributed by atoms with E-state index >= 15 is 0 Å². The lowest BCUT2D eigenvalue weighted by Gasteiger charge is -2.04. The number of nitrogens with one attached hydrogen (secondary N) is 1. The molecule has 1 aromatic carbocycles. The molecule has 2 nitrogen and oxygen atoms in total. The fourth-order valence-electron chi connectivity index (χ4n) is 3.13. The summed E-state index contributed by atoms with van der Waals surface area (Å²) in [6, 6.07) is 17.7. The number of fused-ring (bicyclic) bond motifs is 2. The van der Waals surface area contributed by atoms with Crippen LogP contribution in [0.2, 0.25) is 0 Å². The molecule has 0 saturated carbocycles. The quantitative estimate of drug-likeness (QED) is 0.880. The lowest BCUT2D eigenvalue weighted by Crippen LogP contribution is -2.24. The third-order valence-corrected chi connectivity index (χ3v) is 6.24. The molecule has 21 heavy (non-hydrogen) atoms. The van der Waals surface area contributed by atoms with Crippen molar-refractivity contribution in [3.05, 3.63) is 52.2 Å². The van der Waals surface area contributed by atoms with Gasteiger partial charge in [-0.15, -0.1) is 11.3 Å². The van der Waals surface area contributed by atoms with Gasteiger partial charge in [-0.2, -0.15) is 0 Å². The first-order valence-electron chi connectivity index (χ1n) is 7.40. The Bertz CT molecular complexity index is 667. The van der Waals surface area contributed by atoms with Gasteiger partial charge in [-0.3, -0.25) is 0 Å². The Hall–Kier alpha value is -1.28. The molecule has 4 heteroatoms. The smallest absolute Gasteiger partial charge is 0.304 e. The first-order valence-corrected chi connectivity index (χ1v) is 9.10. The van der Waals surface area contributed by atoms with Gasteiger partial charge in [-0.1, -0.05) is 22.7 Å². The van der Waals surface area contributed by atoms with Crippen molar-refractivity contribution in [2.45, 2.75) is 46.5 Å². The number of rotatable bonds is 2. The first-order chi connectivity index (χ1) is 10.4. The number of thiophene rings is 1. The number of hydrogen-bond donors (Lipinski definition) is 1. The Morgan fingerprint density at radius 1 is 1.19 bits per heavy atom. The Morgan fingerprint density at radius 3 is 2.76 bits per heavy atom. The van der Waals surface area contributed by atoms with Crippen molar-refractivity contribution in [2.24, 2.45) is 0 Å². The zero-order valence-electron chi connectivity index (χ0n) is 11.7. The van der Waals surface area contributed by atoms with Crippen LogP contribution in [0.25, 0.3) is 4.85 Å². The summed E-state index contributed by atoms with van der Waals surface area (Å²) in [6.07, 6.45) is 3.78. The zero-order valence-corrected chi connectivity index (χ0v) is 13.3. The molecule has 4 rings (SSSR count). The minimum atomic E-state index is 0.434. The van der Waals surface area contributed by atoms with Gasteiger partial charge in [0.1, 0.15) is 5.56 Å². The third kappa shape index (κ3) is 3.01. The van der Waals surface area contributed by atoms with Crippen molar-refractivity contribution in [3.8, 4) is 6.07 Å². The van der Waals surface area contributed by atoms with Crippen LogP contribution in [0, 0.1) is 6.07 Å². The lowest BCUT2D eigenvalue weighted by atomic mass is 9.96. The largest absolute Gasteiger partial charge is 0.311 e. The average Bonchev–Trinajstić information content (AvgIpc) is 3.24. The summed E-state index contributed by atoms with van der Waals surface area (Å²) in [5, 5.41) is 5.72. The van der Waals surface area contributed by atoms with Gasteiger partial charge < -0.3 is 5.32 Å². The molecule has 2 bridgehead atoms. The summed E-state index contributed by atoms with van der Waals surface area (Å²) < 4.78 is 1.33. The van der Waals surface area contributed by atoms with Crippen LogP contribution in [-0.2, 0) is 0 Å². The topological polar surface area (TPSA) is 16.4 Å². The van der Waals surface area contributed by atoms with E-state index < -0.39 is 0 Å². The predicted octanol–water partition coefficient (Wildman–Crippen LogP) is 4.47. The van der Waals surface area contributed by atoms with E-state index in [2.05, 4.69) is 58.0 Å². The number of hydrogen-bond acceptors (Lipinski definition) is 3. The second-order valence-corrected chi connectivity index (χ2v) is 7.97. The second kappa shape index (κ2) is 5.84. The van der Waals surface area contributed by atoms with E-state index in [1.807, 2.05) is 0 Å². The number of nitrogens with zero attached hydrogens (tertiary/aromatic N) is 1. The molecule has 2 fully saturated rings. The van der Waals surface area contributed by atoms with Crippen molar-refractivity contribution in [1.82, 2.24) is 5.32 Å². The third-order valence-electron chi connectivity index (χ3n) is 4.19. The molecule has 0 amide bonds. The molecule has 0 aliphatic carbocycles.